The zero-order valence-electron chi connectivity index (χ0n) is 8.04. The SMILES string of the molecule is CC(=O)NCC#Cc1nc(Cl)ccc1O. The monoisotopic (exact) mass is 224 g/mol. The van der Waals surface area contributed by atoms with Crippen LogP contribution in [0.15, 0.2) is 12.1 Å². The molecule has 5 heteroatoms. The maximum absolute atomic E-state index is 10.5. The fourth-order valence-corrected chi connectivity index (χ4v) is 0.964. The molecule has 15 heavy (non-hydrogen) atoms. The number of pyridine rings is 1. The molecule has 1 aromatic rings. The average molecular weight is 225 g/mol. The van der Waals surface area contributed by atoms with E-state index in [2.05, 4.69) is 22.1 Å². The summed E-state index contributed by atoms with van der Waals surface area (Å²) in [5.41, 5.74) is 0.202. The predicted molar refractivity (Wildman–Crippen MR) is 56.5 cm³/mol. The second-order valence-electron chi connectivity index (χ2n) is 2.71. The standard InChI is InChI=1S/C10H9ClN2O2/c1-7(14)12-6-2-3-8-9(15)4-5-10(11)13-8/h4-5,15H,6H2,1H3,(H,12,14). The second-order valence-corrected chi connectivity index (χ2v) is 3.10. The maximum Gasteiger partial charge on any atom is 0.217 e. The van der Waals surface area contributed by atoms with Crippen LogP contribution in [0.4, 0.5) is 0 Å². The van der Waals surface area contributed by atoms with E-state index < -0.39 is 0 Å². The number of rotatable bonds is 1. The van der Waals surface area contributed by atoms with Crippen molar-refractivity contribution < 1.29 is 9.90 Å². The molecule has 0 spiro atoms. The van der Waals surface area contributed by atoms with E-state index in [4.69, 9.17) is 11.6 Å². The highest BCUT2D eigenvalue weighted by Crippen LogP contribution is 2.15. The summed E-state index contributed by atoms with van der Waals surface area (Å²) in [7, 11) is 0. The highest BCUT2D eigenvalue weighted by Gasteiger charge is 1.99. The molecule has 4 nitrogen and oxygen atoms in total. The van der Waals surface area contributed by atoms with E-state index in [0.717, 1.165) is 0 Å². The van der Waals surface area contributed by atoms with Crippen LogP contribution in [0.1, 0.15) is 12.6 Å². The number of nitrogens with zero attached hydrogens (tertiary/aromatic N) is 1. The Morgan fingerprint density at radius 2 is 2.40 bits per heavy atom. The van der Waals surface area contributed by atoms with Gasteiger partial charge in [-0.1, -0.05) is 17.5 Å². The van der Waals surface area contributed by atoms with Gasteiger partial charge in [0.05, 0.1) is 6.54 Å². The number of hydrogen-bond donors (Lipinski definition) is 2. The number of amides is 1. The number of aromatic nitrogens is 1. The van der Waals surface area contributed by atoms with Crippen molar-refractivity contribution in [1.82, 2.24) is 10.3 Å². The van der Waals surface area contributed by atoms with Gasteiger partial charge in [0.2, 0.25) is 5.91 Å². The minimum atomic E-state index is -0.160. The third-order valence-electron chi connectivity index (χ3n) is 1.47. The molecule has 0 bridgehead atoms. The van der Waals surface area contributed by atoms with Gasteiger partial charge in [-0.15, -0.1) is 0 Å². The van der Waals surface area contributed by atoms with Crippen molar-refractivity contribution in [1.29, 1.82) is 0 Å². The highest BCUT2D eigenvalue weighted by atomic mass is 35.5. The largest absolute Gasteiger partial charge is 0.505 e. The Hall–Kier alpha value is -1.73. The van der Waals surface area contributed by atoms with Gasteiger partial charge in [-0.3, -0.25) is 4.79 Å². The first-order chi connectivity index (χ1) is 7.09. The van der Waals surface area contributed by atoms with Crippen LogP contribution in [0.5, 0.6) is 5.75 Å². The van der Waals surface area contributed by atoms with Gasteiger partial charge in [0.1, 0.15) is 10.9 Å². The van der Waals surface area contributed by atoms with Crippen molar-refractivity contribution in [3.05, 3.63) is 23.0 Å². The van der Waals surface area contributed by atoms with E-state index in [0.29, 0.717) is 0 Å². The summed E-state index contributed by atoms with van der Waals surface area (Å²) in [4.78, 5) is 14.3. The van der Waals surface area contributed by atoms with Gasteiger partial charge in [-0.05, 0) is 18.1 Å². The number of nitrogens with one attached hydrogen (secondary N) is 1. The molecule has 0 aliphatic heterocycles. The number of aromatic hydroxyl groups is 1. The fraction of sp³-hybridized carbons (Fsp3) is 0.200. The van der Waals surface area contributed by atoms with E-state index in [1.165, 1.54) is 19.1 Å². The maximum atomic E-state index is 10.5. The van der Waals surface area contributed by atoms with Crippen LogP contribution < -0.4 is 5.32 Å². The molecular weight excluding hydrogens is 216 g/mol. The summed E-state index contributed by atoms with van der Waals surface area (Å²) in [5, 5.41) is 12.1. The summed E-state index contributed by atoms with van der Waals surface area (Å²) in [6, 6.07) is 2.88. The van der Waals surface area contributed by atoms with Crippen molar-refractivity contribution in [2.24, 2.45) is 0 Å². The van der Waals surface area contributed by atoms with Gasteiger partial charge in [0.15, 0.2) is 5.69 Å². The molecule has 0 atom stereocenters. The highest BCUT2D eigenvalue weighted by molar-refractivity contribution is 6.29. The van der Waals surface area contributed by atoms with Crippen LogP contribution in [-0.2, 0) is 4.79 Å². The first-order valence-corrected chi connectivity index (χ1v) is 4.56. The summed E-state index contributed by atoms with van der Waals surface area (Å²) < 4.78 is 0. The van der Waals surface area contributed by atoms with Crippen LogP contribution in [0.25, 0.3) is 0 Å². The van der Waals surface area contributed by atoms with Gasteiger partial charge in [0.25, 0.3) is 0 Å². The lowest BCUT2D eigenvalue weighted by atomic mass is 10.3. The molecule has 0 fully saturated rings. The average Bonchev–Trinajstić information content (AvgIpc) is 2.17. The number of carbonyl (C=O) groups excluding carboxylic acids is 1. The van der Waals surface area contributed by atoms with Crippen LogP contribution in [-0.4, -0.2) is 22.5 Å². The minimum absolute atomic E-state index is 0.0327. The van der Waals surface area contributed by atoms with Crippen LogP contribution in [0.2, 0.25) is 5.15 Å². The molecule has 0 saturated heterocycles. The van der Waals surface area contributed by atoms with E-state index in [9.17, 15) is 9.90 Å². The smallest absolute Gasteiger partial charge is 0.217 e. The fourth-order valence-electron chi connectivity index (χ4n) is 0.817. The van der Waals surface area contributed by atoms with Crippen molar-refractivity contribution >= 4 is 17.5 Å². The zero-order valence-corrected chi connectivity index (χ0v) is 8.80. The molecule has 0 radical (unpaired) electrons. The number of carbonyl (C=O) groups is 1. The summed E-state index contributed by atoms with van der Waals surface area (Å²) in [6.07, 6.45) is 0. The molecule has 0 aromatic carbocycles. The zero-order chi connectivity index (χ0) is 11.3. The van der Waals surface area contributed by atoms with E-state index in [-0.39, 0.29) is 29.0 Å². The Balaban J connectivity index is 2.71. The Labute approximate surface area is 92.3 Å². The molecular formula is C10H9ClN2O2. The molecule has 1 aromatic heterocycles. The Kier molecular flexibility index (Phi) is 3.95. The quantitative estimate of drug-likeness (QED) is 0.551. The molecule has 2 N–H and O–H groups in total. The first kappa shape index (κ1) is 11.3. The third kappa shape index (κ3) is 3.88. The van der Waals surface area contributed by atoms with Gasteiger partial charge in [-0.2, -0.15) is 0 Å². The van der Waals surface area contributed by atoms with Crippen molar-refractivity contribution in [3.8, 4) is 17.6 Å². The molecule has 1 heterocycles. The summed E-state index contributed by atoms with van der Waals surface area (Å²) >= 11 is 5.62. The molecule has 0 unspecified atom stereocenters. The Bertz CT molecular complexity index is 435. The van der Waals surface area contributed by atoms with E-state index in [1.54, 1.807) is 0 Å². The van der Waals surface area contributed by atoms with Crippen molar-refractivity contribution in [2.75, 3.05) is 6.54 Å². The lowest BCUT2D eigenvalue weighted by Gasteiger charge is -1.96. The van der Waals surface area contributed by atoms with Crippen molar-refractivity contribution in [2.45, 2.75) is 6.92 Å². The summed E-state index contributed by atoms with van der Waals surface area (Å²) in [5.74, 6) is 5.04. The van der Waals surface area contributed by atoms with Crippen LogP contribution in [0.3, 0.4) is 0 Å². The van der Waals surface area contributed by atoms with Gasteiger partial charge in [-0.25, -0.2) is 4.98 Å². The van der Waals surface area contributed by atoms with Gasteiger partial charge in [0, 0.05) is 6.92 Å². The van der Waals surface area contributed by atoms with Gasteiger partial charge < -0.3 is 10.4 Å². The molecule has 1 rings (SSSR count). The van der Waals surface area contributed by atoms with Crippen molar-refractivity contribution in [3.63, 3.8) is 0 Å². The van der Waals surface area contributed by atoms with Crippen LogP contribution >= 0.6 is 11.6 Å². The topological polar surface area (TPSA) is 62.2 Å². The second kappa shape index (κ2) is 5.23. The molecule has 0 aliphatic carbocycles. The Morgan fingerprint density at radius 3 is 3.07 bits per heavy atom. The lowest BCUT2D eigenvalue weighted by molar-refractivity contribution is -0.118. The number of hydrogen-bond acceptors (Lipinski definition) is 3. The Morgan fingerprint density at radius 1 is 1.67 bits per heavy atom. The molecule has 0 aliphatic rings. The predicted octanol–water partition coefficient (Wildman–Crippen LogP) is 0.928. The summed E-state index contributed by atoms with van der Waals surface area (Å²) in [6.45, 7) is 1.61. The molecule has 0 saturated carbocycles. The normalized spacial score (nSPS) is 8.93. The van der Waals surface area contributed by atoms with Crippen LogP contribution in [0, 0.1) is 11.8 Å². The lowest BCUT2D eigenvalue weighted by Crippen LogP contribution is -2.19. The minimum Gasteiger partial charge on any atom is -0.505 e. The third-order valence-corrected chi connectivity index (χ3v) is 1.68. The van der Waals surface area contributed by atoms with Gasteiger partial charge >= 0.3 is 0 Å². The molecule has 78 valence electrons. The number of halogens is 1. The van der Waals surface area contributed by atoms with E-state index in [1.807, 2.05) is 0 Å². The molecule has 1 amide bonds. The first-order valence-electron chi connectivity index (χ1n) is 4.18. The van der Waals surface area contributed by atoms with E-state index >= 15 is 0 Å².